The van der Waals surface area contributed by atoms with E-state index in [0.717, 1.165) is 0 Å². The van der Waals surface area contributed by atoms with E-state index < -0.39 is 0 Å². The summed E-state index contributed by atoms with van der Waals surface area (Å²) in [6.07, 6.45) is 1.63. The summed E-state index contributed by atoms with van der Waals surface area (Å²) in [5.74, 6) is 0.126. The molecule has 0 unspecified atom stereocenters. The summed E-state index contributed by atoms with van der Waals surface area (Å²) in [5, 5.41) is 18.9. The summed E-state index contributed by atoms with van der Waals surface area (Å²) in [6, 6.07) is 0. The SMILES string of the molecule is CN(CCO)C(=[N+]=N)NC#N. The Morgan fingerprint density at radius 1 is 1.91 bits per heavy atom. The third-order valence-electron chi connectivity index (χ3n) is 1.07. The van der Waals surface area contributed by atoms with Crippen LogP contribution in [0, 0.1) is 17.0 Å². The minimum absolute atomic E-state index is 0.0391. The van der Waals surface area contributed by atoms with Gasteiger partial charge in [-0.1, -0.05) is 5.53 Å². The van der Waals surface area contributed by atoms with E-state index in [9.17, 15) is 0 Å². The number of hydrogen-bond donors (Lipinski definition) is 3. The van der Waals surface area contributed by atoms with Crippen LogP contribution in [0.5, 0.6) is 0 Å². The number of aliphatic hydroxyl groups excluding tert-OH is 1. The fourth-order valence-corrected chi connectivity index (χ4v) is 0.515. The smallest absolute Gasteiger partial charge is 0.393 e. The van der Waals surface area contributed by atoms with Crippen molar-refractivity contribution in [3.8, 4) is 6.19 Å². The van der Waals surface area contributed by atoms with Crippen LogP contribution in [0.15, 0.2) is 0 Å². The number of guanidine groups is 1. The van der Waals surface area contributed by atoms with E-state index in [1.165, 1.54) is 4.90 Å². The molecule has 0 aliphatic heterocycles. The van der Waals surface area contributed by atoms with Crippen LogP contribution in [0.4, 0.5) is 0 Å². The van der Waals surface area contributed by atoms with Crippen molar-refractivity contribution in [2.24, 2.45) is 0 Å². The molecule has 0 bridgehead atoms. The quantitative estimate of drug-likeness (QED) is 0.114. The molecule has 0 saturated heterocycles. The number of aliphatic hydroxyl groups is 1. The number of nitrogens with one attached hydrogen (secondary N) is 2. The minimum atomic E-state index is -0.0391. The number of likely N-dealkylation sites (N-methyl/N-ethyl adjacent to an activating group) is 1. The first-order valence-corrected chi connectivity index (χ1v) is 2.97. The first-order valence-electron chi connectivity index (χ1n) is 2.97. The predicted octanol–water partition coefficient (Wildman–Crippen LogP) is -1.42. The Morgan fingerprint density at radius 2 is 2.55 bits per heavy atom. The molecule has 0 aromatic heterocycles. The molecule has 11 heavy (non-hydrogen) atoms. The van der Waals surface area contributed by atoms with Crippen LogP contribution >= 0.6 is 0 Å². The van der Waals surface area contributed by atoms with Gasteiger partial charge in [-0.15, -0.1) is 4.79 Å². The van der Waals surface area contributed by atoms with E-state index in [2.05, 4.69) is 10.1 Å². The van der Waals surface area contributed by atoms with Crippen molar-refractivity contribution in [2.75, 3.05) is 20.2 Å². The molecule has 0 amide bonds. The summed E-state index contributed by atoms with van der Waals surface area (Å²) < 4.78 is 0. The average Bonchev–Trinajstić information content (AvgIpc) is 2.00. The van der Waals surface area contributed by atoms with Crippen LogP contribution in [-0.4, -0.2) is 41.0 Å². The predicted molar refractivity (Wildman–Crippen MR) is 36.5 cm³/mol. The normalized spacial score (nSPS) is 7.73. The van der Waals surface area contributed by atoms with Crippen LogP contribution in [0.25, 0.3) is 0 Å². The Balaban J connectivity index is 4.07. The fraction of sp³-hybridized carbons (Fsp3) is 0.600. The van der Waals surface area contributed by atoms with Crippen LogP contribution < -0.4 is 5.32 Å². The largest absolute Gasteiger partial charge is 0.480 e. The molecular weight excluding hydrogens is 146 g/mol. The van der Waals surface area contributed by atoms with Crippen molar-refractivity contribution >= 4 is 5.96 Å². The second-order valence-electron chi connectivity index (χ2n) is 1.82. The summed E-state index contributed by atoms with van der Waals surface area (Å²) in [4.78, 5) is 4.51. The molecule has 3 N–H and O–H groups in total. The molecule has 6 heteroatoms. The molecule has 0 fully saturated rings. The number of nitriles is 1. The molecule has 0 radical (unpaired) electrons. The summed E-state index contributed by atoms with van der Waals surface area (Å²) in [7, 11) is 1.62. The van der Waals surface area contributed by atoms with Gasteiger partial charge in [0.25, 0.3) is 6.19 Å². The van der Waals surface area contributed by atoms with E-state index in [1.54, 1.807) is 13.2 Å². The van der Waals surface area contributed by atoms with Crippen LogP contribution in [0.3, 0.4) is 0 Å². The molecule has 0 heterocycles. The van der Waals surface area contributed by atoms with Crippen LogP contribution in [0.2, 0.25) is 0 Å². The van der Waals surface area contributed by atoms with Crippen molar-refractivity contribution < 1.29 is 9.90 Å². The zero-order valence-corrected chi connectivity index (χ0v) is 6.20. The lowest BCUT2D eigenvalue weighted by Crippen LogP contribution is -2.38. The molecule has 6 nitrogen and oxygen atoms in total. The number of rotatable bonds is 2. The number of hydrogen-bond acceptors (Lipinski definition) is 3. The van der Waals surface area contributed by atoms with Gasteiger partial charge in [-0.3, -0.25) is 0 Å². The van der Waals surface area contributed by atoms with Crippen molar-refractivity contribution in [3.63, 3.8) is 0 Å². The topological polar surface area (TPSA) is 97.2 Å². The highest BCUT2D eigenvalue weighted by molar-refractivity contribution is 5.75. The molecule has 0 atom stereocenters. The average molecular weight is 156 g/mol. The van der Waals surface area contributed by atoms with Crippen molar-refractivity contribution in [1.29, 1.82) is 10.8 Å². The zero-order valence-electron chi connectivity index (χ0n) is 6.20. The highest BCUT2D eigenvalue weighted by Gasteiger charge is 2.14. The van der Waals surface area contributed by atoms with Crippen LogP contribution in [-0.2, 0) is 0 Å². The minimum Gasteiger partial charge on any atom is -0.393 e. The molecule has 0 aliphatic carbocycles. The lowest BCUT2D eigenvalue weighted by atomic mass is 10.6. The maximum absolute atomic E-state index is 8.48. The van der Waals surface area contributed by atoms with Crippen molar-refractivity contribution in [1.82, 2.24) is 10.2 Å². The standard InChI is InChI=1S/C5H9N5O/c1-10(2-3-11)5(9-7)8-4-6/h7,11H,2-3H2,1H3/p+1. The van der Waals surface area contributed by atoms with Gasteiger partial charge in [0.2, 0.25) is 0 Å². The molecule has 0 saturated carbocycles. The van der Waals surface area contributed by atoms with Gasteiger partial charge in [-0.05, 0) is 0 Å². The van der Waals surface area contributed by atoms with Gasteiger partial charge in [0.05, 0.1) is 20.2 Å². The summed E-state index contributed by atoms with van der Waals surface area (Å²) >= 11 is 0. The maximum Gasteiger partial charge on any atom is 0.480 e. The monoisotopic (exact) mass is 156 g/mol. The lowest BCUT2D eigenvalue weighted by molar-refractivity contribution is -0.134. The Labute approximate surface area is 64.3 Å². The molecule has 60 valence electrons. The van der Waals surface area contributed by atoms with Gasteiger partial charge < -0.3 is 5.11 Å². The van der Waals surface area contributed by atoms with Crippen molar-refractivity contribution in [2.45, 2.75) is 0 Å². The molecule has 0 aromatic rings. The second kappa shape index (κ2) is 5.23. The summed E-state index contributed by atoms with van der Waals surface area (Å²) in [5.41, 5.74) is 6.62. The van der Waals surface area contributed by atoms with E-state index in [4.69, 9.17) is 15.9 Å². The summed E-state index contributed by atoms with van der Waals surface area (Å²) in [6.45, 7) is 0.301. The lowest BCUT2D eigenvalue weighted by Gasteiger charge is -2.05. The van der Waals surface area contributed by atoms with E-state index >= 15 is 0 Å². The Kier molecular flexibility index (Phi) is 4.49. The molecule has 0 spiro atoms. The van der Waals surface area contributed by atoms with Gasteiger partial charge >= 0.3 is 5.96 Å². The van der Waals surface area contributed by atoms with Gasteiger partial charge in [-0.2, -0.15) is 10.6 Å². The highest BCUT2D eigenvalue weighted by atomic mass is 16.3. The van der Waals surface area contributed by atoms with Gasteiger partial charge in [0, 0.05) is 0 Å². The Hall–Kier alpha value is -1.57. The highest BCUT2D eigenvalue weighted by Crippen LogP contribution is 1.77. The number of nitrogens with zero attached hydrogens (tertiary/aromatic N) is 3. The van der Waals surface area contributed by atoms with Crippen molar-refractivity contribution in [3.05, 3.63) is 0 Å². The van der Waals surface area contributed by atoms with E-state index in [1.807, 2.05) is 0 Å². The second-order valence-corrected chi connectivity index (χ2v) is 1.82. The Morgan fingerprint density at radius 3 is 2.91 bits per heavy atom. The third-order valence-corrected chi connectivity index (χ3v) is 1.07. The van der Waals surface area contributed by atoms with Crippen LogP contribution in [0.1, 0.15) is 0 Å². The fourth-order valence-electron chi connectivity index (χ4n) is 0.515. The first-order chi connectivity index (χ1) is 5.26. The zero-order chi connectivity index (χ0) is 8.69. The van der Waals surface area contributed by atoms with Gasteiger partial charge in [0.1, 0.15) is 0 Å². The van der Waals surface area contributed by atoms with E-state index in [-0.39, 0.29) is 12.6 Å². The third kappa shape index (κ3) is 3.20. The van der Waals surface area contributed by atoms with Gasteiger partial charge in [0.15, 0.2) is 0 Å². The molecular formula is C5H10N5O+. The molecule has 0 rings (SSSR count). The maximum atomic E-state index is 8.48. The molecule has 0 aliphatic rings. The molecule has 0 aromatic carbocycles. The van der Waals surface area contributed by atoms with E-state index in [0.29, 0.717) is 6.54 Å². The Bertz CT molecular complexity index is 201. The first kappa shape index (κ1) is 9.43. The van der Waals surface area contributed by atoms with Gasteiger partial charge in [-0.25, -0.2) is 4.90 Å².